The lowest BCUT2D eigenvalue weighted by Crippen LogP contribution is -2.02. The average Bonchev–Trinajstić information content (AvgIpc) is 3.50. The minimum atomic E-state index is 0.171. The Bertz CT molecular complexity index is 1690. The molecule has 0 N–H and O–H groups in total. The second kappa shape index (κ2) is 10.8. The molecule has 0 amide bonds. The van der Waals surface area contributed by atoms with Crippen LogP contribution >= 0.6 is 15.9 Å². The van der Waals surface area contributed by atoms with E-state index in [4.69, 9.17) is 4.42 Å². The Hall–Kier alpha value is -3.62. The molecule has 0 saturated carbocycles. The van der Waals surface area contributed by atoms with Crippen LogP contribution in [0.1, 0.15) is 50.3 Å². The molecule has 0 saturated heterocycles. The number of hydrogen-bond acceptors (Lipinski definition) is 1. The van der Waals surface area contributed by atoms with Gasteiger partial charge in [0.15, 0.2) is 0 Å². The van der Waals surface area contributed by atoms with E-state index in [1.807, 2.05) is 39.8 Å². The molecule has 1 heterocycles. The molecule has 6 aromatic rings. The van der Waals surface area contributed by atoms with Crippen LogP contribution < -0.4 is 0 Å². The SMILES string of the molecule is Brc1ccc2c(c1)C(c1ccccc1-c1cccc3c1oc1ccccc13)c1ccccc1-2.CC.CC. The van der Waals surface area contributed by atoms with Gasteiger partial charge < -0.3 is 4.42 Å². The minimum absolute atomic E-state index is 0.171. The molecule has 1 unspecified atom stereocenters. The zero-order valence-electron chi connectivity index (χ0n) is 21.8. The van der Waals surface area contributed by atoms with E-state index in [9.17, 15) is 0 Å². The maximum Gasteiger partial charge on any atom is 0.143 e. The summed E-state index contributed by atoms with van der Waals surface area (Å²) in [6.45, 7) is 8.00. The van der Waals surface area contributed by atoms with Gasteiger partial charge in [0.05, 0.1) is 0 Å². The summed E-state index contributed by atoms with van der Waals surface area (Å²) in [5.41, 5.74) is 10.9. The van der Waals surface area contributed by atoms with Crippen molar-refractivity contribution < 1.29 is 4.42 Å². The first-order valence-corrected chi connectivity index (χ1v) is 14.0. The highest BCUT2D eigenvalue weighted by Crippen LogP contribution is 2.51. The normalized spacial score (nSPS) is 13.3. The largest absolute Gasteiger partial charge is 0.455 e. The molecule has 1 atom stereocenters. The molecule has 1 aliphatic rings. The van der Waals surface area contributed by atoms with Gasteiger partial charge >= 0.3 is 0 Å². The molecule has 2 heteroatoms. The molecule has 1 aromatic heterocycles. The van der Waals surface area contributed by atoms with Gasteiger partial charge in [-0.2, -0.15) is 0 Å². The number of furan rings is 1. The third-order valence-corrected chi connectivity index (χ3v) is 7.35. The average molecular weight is 548 g/mol. The Kier molecular flexibility index (Phi) is 7.30. The van der Waals surface area contributed by atoms with Crippen LogP contribution in [0.2, 0.25) is 0 Å². The van der Waals surface area contributed by atoms with E-state index in [-0.39, 0.29) is 5.92 Å². The van der Waals surface area contributed by atoms with E-state index in [0.29, 0.717) is 0 Å². The summed E-state index contributed by atoms with van der Waals surface area (Å²) in [6.07, 6.45) is 0. The minimum Gasteiger partial charge on any atom is -0.455 e. The lowest BCUT2D eigenvalue weighted by Gasteiger charge is -2.19. The van der Waals surface area contributed by atoms with Crippen molar-refractivity contribution in [1.29, 1.82) is 0 Å². The quantitative estimate of drug-likeness (QED) is 0.210. The van der Waals surface area contributed by atoms with Crippen LogP contribution in [0.5, 0.6) is 0 Å². The van der Waals surface area contributed by atoms with Crippen molar-refractivity contribution in [2.75, 3.05) is 0 Å². The molecule has 184 valence electrons. The summed E-state index contributed by atoms with van der Waals surface area (Å²) < 4.78 is 7.51. The van der Waals surface area contributed by atoms with Crippen molar-refractivity contribution in [2.24, 2.45) is 0 Å². The zero-order chi connectivity index (χ0) is 25.9. The third-order valence-electron chi connectivity index (χ3n) is 6.85. The number of hydrogen-bond donors (Lipinski definition) is 0. The van der Waals surface area contributed by atoms with E-state index in [1.165, 1.54) is 33.4 Å². The Morgan fingerprint density at radius 2 is 1.05 bits per heavy atom. The zero-order valence-corrected chi connectivity index (χ0v) is 23.3. The summed E-state index contributed by atoms with van der Waals surface area (Å²) in [7, 11) is 0. The monoisotopic (exact) mass is 546 g/mol. The van der Waals surface area contributed by atoms with Crippen LogP contribution in [0.4, 0.5) is 0 Å². The maximum atomic E-state index is 6.41. The molecule has 0 bridgehead atoms. The van der Waals surface area contributed by atoms with Gasteiger partial charge in [-0.05, 0) is 51.6 Å². The fourth-order valence-electron chi connectivity index (χ4n) is 5.47. The van der Waals surface area contributed by atoms with E-state index in [2.05, 4.69) is 113 Å². The van der Waals surface area contributed by atoms with Gasteiger partial charge in [0.1, 0.15) is 11.2 Å². The van der Waals surface area contributed by atoms with Crippen LogP contribution in [0, 0.1) is 0 Å². The van der Waals surface area contributed by atoms with Crippen LogP contribution in [-0.4, -0.2) is 0 Å². The number of benzene rings is 5. The van der Waals surface area contributed by atoms with Crippen molar-refractivity contribution in [1.82, 2.24) is 0 Å². The summed E-state index contributed by atoms with van der Waals surface area (Å²) in [5.74, 6) is 0.171. The van der Waals surface area contributed by atoms with E-state index in [1.54, 1.807) is 0 Å². The maximum absolute atomic E-state index is 6.41. The molecule has 0 aliphatic heterocycles. The lowest BCUT2D eigenvalue weighted by molar-refractivity contribution is 0.670. The standard InChI is InChI=1S/C31H19BrO.2C2H6/c32-19-16-17-22-20-8-1-3-11-24(20)30(28(22)18-19)25-12-4-2-9-21(25)26-13-7-14-27-23-10-5-6-15-29(23)33-31(26)27;2*1-2/h1-18,30H;2*1-2H3. The predicted molar refractivity (Wildman–Crippen MR) is 162 cm³/mol. The lowest BCUT2D eigenvalue weighted by atomic mass is 9.84. The van der Waals surface area contributed by atoms with Crippen LogP contribution in [-0.2, 0) is 0 Å². The van der Waals surface area contributed by atoms with Gasteiger partial charge in [0.25, 0.3) is 0 Å². The molecule has 7 rings (SSSR count). The molecule has 0 fully saturated rings. The molecule has 5 aromatic carbocycles. The highest BCUT2D eigenvalue weighted by Gasteiger charge is 2.31. The fraction of sp³-hybridized carbons (Fsp3) is 0.143. The van der Waals surface area contributed by atoms with E-state index in [0.717, 1.165) is 32.0 Å². The van der Waals surface area contributed by atoms with Gasteiger partial charge in [0.2, 0.25) is 0 Å². The van der Waals surface area contributed by atoms with Crippen molar-refractivity contribution in [2.45, 2.75) is 33.6 Å². The van der Waals surface area contributed by atoms with Gasteiger partial charge in [-0.1, -0.05) is 135 Å². The predicted octanol–water partition coefficient (Wildman–Crippen LogP) is 11.2. The first-order valence-electron chi connectivity index (χ1n) is 13.2. The van der Waals surface area contributed by atoms with Crippen molar-refractivity contribution in [3.05, 3.63) is 130 Å². The van der Waals surface area contributed by atoms with Crippen LogP contribution in [0.25, 0.3) is 44.2 Å². The van der Waals surface area contributed by atoms with Crippen LogP contribution in [0.15, 0.2) is 118 Å². The van der Waals surface area contributed by atoms with Crippen molar-refractivity contribution in [3.63, 3.8) is 0 Å². The first kappa shape index (κ1) is 25.0. The topological polar surface area (TPSA) is 13.1 Å². The second-order valence-corrected chi connectivity index (χ2v) is 9.54. The van der Waals surface area contributed by atoms with E-state index >= 15 is 0 Å². The molecule has 0 radical (unpaired) electrons. The summed E-state index contributed by atoms with van der Waals surface area (Å²) >= 11 is 3.71. The molecular weight excluding hydrogens is 516 g/mol. The molecule has 1 aliphatic carbocycles. The van der Waals surface area contributed by atoms with E-state index < -0.39 is 0 Å². The van der Waals surface area contributed by atoms with Gasteiger partial charge in [-0.25, -0.2) is 0 Å². The fourth-order valence-corrected chi connectivity index (χ4v) is 5.85. The molecule has 0 spiro atoms. The molecule has 37 heavy (non-hydrogen) atoms. The van der Waals surface area contributed by atoms with Gasteiger partial charge in [-0.15, -0.1) is 0 Å². The Labute approximate surface area is 227 Å². The first-order chi connectivity index (χ1) is 18.3. The van der Waals surface area contributed by atoms with Gasteiger partial charge in [-0.3, -0.25) is 0 Å². The van der Waals surface area contributed by atoms with Crippen LogP contribution in [0.3, 0.4) is 0 Å². The smallest absolute Gasteiger partial charge is 0.143 e. The van der Waals surface area contributed by atoms with Crippen molar-refractivity contribution >= 4 is 37.9 Å². The summed E-state index contributed by atoms with van der Waals surface area (Å²) in [4.78, 5) is 0. The second-order valence-electron chi connectivity index (χ2n) is 8.62. The Balaban J connectivity index is 0.000000670. The highest BCUT2D eigenvalue weighted by atomic mass is 79.9. The van der Waals surface area contributed by atoms with Crippen molar-refractivity contribution in [3.8, 4) is 22.3 Å². The molecular formula is C35H31BrO. The Morgan fingerprint density at radius 1 is 0.514 bits per heavy atom. The Morgan fingerprint density at radius 3 is 1.78 bits per heavy atom. The summed E-state index contributed by atoms with van der Waals surface area (Å²) in [6, 6.07) is 39.0. The number of rotatable bonds is 2. The number of para-hydroxylation sites is 2. The number of fused-ring (bicyclic) bond motifs is 6. The highest BCUT2D eigenvalue weighted by molar-refractivity contribution is 9.10. The van der Waals surface area contributed by atoms with Gasteiger partial charge in [0, 0.05) is 26.7 Å². The third kappa shape index (κ3) is 4.20. The molecule has 1 nitrogen and oxygen atoms in total. The number of halogens is 1. The summed E-state index contributed by atoms with van der Waals surface area (Å²) in [5, 5.41) is 2.32.